The fraction of sp³-hybridized carbons (Fsp3) is 0.500. The SMILES string of the molecule is COc1ccccc1[C@H]1Cn2ccnc2CN1C(=O)CC1CCCC1. The van der Waals surface area contributed by atoms with Gasteiger partial charge in [0.05, 0.1) is 19.7 Å². The van der Waals surface area contributed by atoms with Crippen molar-refractivity contribution in [3.8, 4) is 5.75 Å². The normalized spacial score (nSPS) is 20.5. The number of aromatic nitrogens is 2. The van der Waals surface area contributed by atoms with Crippen LogP contribution in [0.4, 0.5) is 0 Å². The molecule has 4 rings (SSSR count). The maximum atomic E-state index is 13.1. The lowest BCUT2D eigenvalue weighted by Crippen LogP contribution is -2.41. The van der Waals surface area contributed by atoms with E-state index in [-0.39, 0.29) is 11.9 Å². The number of amides is 1. The number of para-hydroxylation sites is 1. The van der Waals surface area contributed by atoms with E-state index < -0.39 is 0 Å². The molecule has 0 bridgehead atoms. The van der Waals surface area contributed by atoms with Gasteiger partial charge in [0.2, 0.25) is 5.91 Å². The highest BCUT2D eigenvalue weighted by Crippen LogP contribution is 2.36. The molecule has 132 valence electrons. The maximum Gasteiger partial charge on any atom is 0.223 e. The Balaban J connectivity index is 1.64. The summed E-state index contributed by atoms with van der Waals surface area (Å²) in [5, 5.41) is 0. The Bertz CT molecular complexity index is 749. The summed E-state index contributed by atoms with van der Waals surface area (Å²) in [6.45, 7) is 1.30. The van der Waals surface area contributed by atoms with Crippen LogP contribution >= 0.6 is 0 Å². The van der Waals surface area contributed by atoms with Gasteiger partial charge in [0.1, 0.15) is 11.6 Å². The lowest BCUT2D eigenvalue weighted by atomic mass is 9.98. The molecule has 0 spiro atoms. The Morgan fingerprint density at radius 2 is 2.08 bits per heavy atom. The van der Waals surface area contributed by atoms with Crippen molar-refractivity contribution in [3.63, 3.8) is 0 Å². The van der Waals surface area contributed by atoms with Crippen LogP contribution in [-0.2, 0) is 17.9 Å². The zero-order chi connectivity index (χ0) is 17.2. The van der Waals surface area contributed by atoms with Crippen LogP contribution in [0.25, 0.3) is 0 Å². The standard InChI is InChI=1S/C20H25N3O2/c1-25-18-9-5-4-8-16(18)17-13-22-11-10-21-19(22)14-23(17)20(24)12-15-6-2-3-7-15/h4-5,8-11,15,17H,2-3,6-7,12-14H2,1H3/t17-/m1/s1. The number of carbonyl (C=O) groups is 1. The number of carbonyl (C=O) groups excluding carboxylic acids is 1. The molecule has 0 unspecified atom stereocenters. The van der Waals surface area contributed by atoms with Crippen molar-refractivity contribution >= 4 is 5.91 Å². The average Bonchev–Trinajstić information content (AvgIpc) is 3.31. The molecule has 2 heterocycles. The lowest BCUT2D eigenvalue weighted by molar-refractivity contribution is -0.137. The van der Waals surface area contributed by atoms with Crippen LogP contribution in [0, 0.1) is 5.92 Å². The summed E-state index contributed by atoms with van der Waals surface area (Å²) in [6.07, 6.45) is 9.38. The van der Waals surface area contributed by atoms with E-state index in [4.69, 9.17) is 4.74 Å². The van der Waals surface area contributed by atoms with Crippen molar-refractivity contribution in [2.24, 2.45) is 5.92 Å². The minimum atomic E-state index is -0.00764. The Kier molecular flexibility index (Phi) is 4.47. The molecule has 1 saturated carbocycles. The summed E-state index contributed by atoms with van der Waals surface area (Å²) < 4.78 is 7.72. The van der Waals surface area contributed by atoms with Gasteiger partial charge in [-0.1, -0.05) is 31.0 Å². The van der Waals surface area contributed by atoms with Crippen LogP contribution < -0.4 is 4.74 Å². The van der Waals surface area contributed by atoms with Crippen molar-refractivity contribution in [1.29, 1.82) is 0 Å². The quantitative estimate of drug-likeness (QED) is 0.856. The molecule has 5 heteroatoms. The van der Waals surface area contributed by atoms with Crippen LogP contribution in [0.5, 0.6) is 5.75 Å². The first-order valence-electron chi connectivity index (χ1n) is 9.18. The molecule has 2 aliphatic rings. The second-order valence-corrected chi connectivity index (χ2v) is 7.13. The molecule has 1 fully saturated rings. The second-order valence-electron chi connectivity index (χ2n) is 7.13. The van der Waals surface area contributed by atoms with Crippen molar-refractivity contribution in [3.05, 3.63) is 48.0 Å². The smallest absolute Gasteiger partial charge is 0.223 e. The number of hydrogen-bond acceptors (Lipinski definition) is 3. The van der Waals surface area contributed by atoms with Gasteiger partial charge in [0, 0.05) is 30.9 Å². The predicted molar refractivity (Wildman–Crippen MR) is 95.1 cm³/mol. The summed E-state index contributed by atoms with van der Waals surface area (Å²) in [5.74, 6) is 2.60. The molecule has 1 aliphatic carbocycles. The number of fused-ring (bicyclic) bond motifs is 1. The highest BCUT2D eigenvalue weighted by atomic mass is 16.5. The third kappa shape index (κ3) is 3.15. The Hall–Kier alpha value is -2.30. The van der Waals surface area contributed by atoms with Crippen molar-refractivity contribution < 1.29 is 9.53 Å². The molecule has 1 aliphatic heterocycles. The Morgan fingerprint density at radius 3 is 2.88 bits per heavy atom. The Morgan fingerprint density at radius 1 is 1.28 bits per heavy atom. The molecule has 5 nitrogen and oxygen atoms in total. The second kappa shape index (κ2) is 6.90. The van der Waals surface area contributed by atoms with Gasteiger partial charge in [0.25, 0.3) is 0 Å². The summed E-state index contributed by atoms with van der Waals surface area (Å²) in [6, 6.07) is 8.02. The number of rotatable bonds is 4. The van der Waals surface area contributed by atoms with Gasteiger partial charge in [-0.2, -0.15) is 0 Å². The molecule has 0 N–H and O–H groups in total. The summed E-state index contributed by atoms with van der Waals surface area (Å²) >= 11 is 0. The molecule has 0 radical (unpaired) electrons. The lowest BCUT2D eigenvalue weighted by Gasteiger charge is -2.37. The van der Waals surface area contributed by atoms with Crippen LogP contribution in [0.3, 0.4) is 0 Å². The highest BCUT2D eigenvalue weighted by molar-refractivity contribution is 5.77. The van der Waals surface area contributed by atoms with Crippen LogP contribution in [0.2, 0.25) is 0 Å². The molecule has 25 heavy (non-hydrogen) atoms. The topological polar surface area (TPSA) is 47.4 Å². The van der Waals surface area contributed by atoms with E-state index in [1.807, 2.05) is 35.5 Å². The number of methoxy groups -OCH3 is 1. The zero-order valence-corrected chi connectivity index (χ0v) is 14.7. The van der Waals surface area contributed by atoms with E-state index >= 15 is 0 Å². The first kappa shape index (κ1) is 16.2. The zero-order valence-electron chi connectivity index (χ0n) is 14.7. The van der Waals surface area contributed by atoms with Gasteiger partial charge < -0.3 is 14.2 Å². The fourth-order valence-corrected chi connectivity index (χ4v) is 4.25. The van der Waals surface area contributed by atoms with E-state index in [1.54, 1.807) is 7.11 Å². The summed E-state index contributed by atoms with van der Waals surface area (Å²) in [4.78, 5) is 19.6. The third-order valence-corrected chi connectivity index (χ3v) is 5.62. The van der Waals surface area contributed by atoms with Gasteiger partial charge in [-0.05, 0) is 24.8 Å². The average molecular weight is 339 g/mol. The van der Waals surface area contributed by atoms with E-state index in [9.17, 15) is 4.79 Å². The Labute approximate surface area is 148 Å². The molecular weight excluding hydrogens is 314 g/mol. The van der Waals surface area contributed by atoms with Gasteiger partial charge in [-0.15, -0.1) is 0 Å². The maximum absolute atomic E-state index is 13.1. The van der Waals surface area contributed by atoms with Crippen molar-refractivity contribution in [2.45, 2.75) is 51.2 Å². The minimum Gasteiger partial charge on any atom is -0.496 e. The monoisotopic (exact) mass is 339 g/mol. The van der Waals surface area contributed by atoms with Crippen LogP contribution in [0.1, 0.15) is 49.5 Å². The van der Waals surface area contributed by atoms with Crippen molar-refractivity contribution in [1.82, 2.24) is 14.5 Å². The first-order chi connectivity index (χ1) is 12.3. The minimum absolute atomic E-state index is 0.00764. The van der Waals surface area contributed by atoms with Gasteiger partial charge in [-0.25, -0.2) is 4.98 Å². The van der Waals surface area contributed by atoms with E-state index in [0.717, 1.165) is 23.7 Å². The molecule has 1 aromatic carbocycles. The first-order valence-corrected chi connectivity index (χ1v) is 9.18. The van der Waals surface area contributed by atoms with E-state index in [2.05, 4.69) is 15.6 Å². The van der Waals surface area contributed by atoms with E-state index in [1.165, 1.54) is 25.7 Å². The molecule has 1 aromatic heterocycles. The molecule has 1 atom stereocenters. The number of imidazole rings is 1. The molecule has 1 amide bonds. The number of hydrogen-bond donors (Lipinski definition) is 0. The fourth-order valence-electron chi connectivity index (χ4n) is 4.25. The number of ether oxygens (including phenoxy) is 1. The van der Waals surface area contributed by atoms with Gasteiger partial charge in [-0.3, -0.25) is 4.79 Å². The summed E-state index contributed by atoms with van der Waals surface area (Å²) in [7, 11) is 1.69. The van der Waals surface area contributed by atoms with Gasteiger partial charge >= 0.3 is 0 Å². The van der Waals surface area contributed by atoms with Crippen LogP contribution in [0.15, 0.2) is 36.7 Å². The van der Waals surface area contributed by atoms with Crippen molar-refractivity contribution in [2.75, 3.05) is 7.11 Å². The summed E-state index contributed by atoms with van der Waals surface area (Å²) in [5.41, 5.74) is 1.07. The third-order valence-electron chi connectivity index (χ3n) is 5.62. The predicted octanol–water partition coefficient (Wildman–Crippen LogP) is 3.56. The number of nitrogens with zero attached hydrogens (tertiary/aromatic N) is 3. The highest BCUT2D eigenvalue weighted by Gasteiger charge is 2.34. The largest absolute Gasteiger partial charge is 0.496 e. The van der Waals surface area contributed by atoms with Crippen LogP contribution in [-0.4, -0.2) is 27.5 Å². The molecular formula is C20H25N3O2. The molecule has 2 aromatic rings. The number of benzene rings is 1. The molecule has 0 saturated heterocycles. The van der Waals surface area contributed by atoms with Gasteiger partial charge in [0.15, 0.2) is 0 Å². The van der Waals surface area contributed by atoms with E-state index in [0.29, 0.717) is 18.9 Å².